The number of nitrogens with zero attached hydrogens (tertiary/aromatic N) is 1. The zero-order valence-corrected chi connectivity index (χ0v) is 7.97. The molecule has 0 saturated carbocycles. The van der Waals surface area contributed by atoms with E-state index in [4.69, 9.17) is 11.1 Å². The predicted octanol–water partition coefficient (Wildman–Crippen LogP) is 1.32. The Morgan fingerprint density at radius 3 is 2.08 bits per heavy atom. The van der Waals surface area contributed by atoms with Crippen LogP contribution in [0.4, 0.5) is 0 Å². The molecule has 4 heteroatoms. The van der Waals surface area contributed by atoms with Gasteiger partial charge in [0.15, 0.2) is 5.96 Å². The average molecular weight is 198 g/mol. The van der Waals surface area contributed by atoms with Gasteiger partial charge in [0.05, 0.1) is 0 Å². The van der Waals surface area contributed by atoms with Gasteiger partial charge in [-0.25, -0.2) is 0 Å². The summed E-state index contributed by atoms with van der Waals surface area (Å²) in [6, 6.07) is 8.20. The molecule has 3 nitrogen and oxygen atoms in total. The summed E-state index contributed by atoms with van der Waals surface area (Å²) < 4.78 is 0. The van der Waals surface area contributed by atoms with Crippen molar-refractivity contribution in [2.75, 3.05) is 0 Å². The standard InChI is InChI=1S/C9H11N3.ClH/c10-9(11)12-5-7-3-1-2-4-8(7)6-12;/h1-4H,5-6H2,(H3,10,11);1H. The topological polar surface area (TPSA) is 53.1 Å². The van der Waals surface area contributed by atoms with E-state index in [1.165, 1.54) is 11.1 Å². The third-order valence-corrected chi connectivity index (χ3v) is 2.18. The number of rotatable bonds is 0. The third kappa shape index (κ3) is 1.75. The van der Waals surface area contributed by atoms with E-state index in [2.05, 4.69) is 12.1 Å². The minimum absolute atomic E-state index is 0. The van der Waals surface area contributed by atoms with Crippen LogP contribution in [0, 0.1) is 5.41 Å². The molecule has 0 bridgehead atoms. The van der Waals surface area contributed by atoms with Crippen molar-refractivity contribution < 1.29 is 0 Å². The molecule has 0 radical (unpaired) electrons. The minimum atomic E-state index is 0. The molecule has 1 aromatic rings. The third-order valence-electron chi connectivity index (χ3n) is 2.18. The van der Waals surface area contributed by atoms with E-state index in [-0.39, 0.29) is 18.4 Å². The Bertz CT molecular complexity index is 299. The first-order valence-electron chi connectivity index (χ1n) is 3.93. The normalized spacial score (nSPS) is 13.4. The summed E-state index contributed by atoms with van der Waals surface area (Å²) in [6.07, 6.45) is 0. The zero-order valence-electron chi connectivity index (χ0n) is 7.16. The number of hydrogen-bond acceptors (Lipinski definition) is 1. The Morgan fingerprint density at radius 1 is 1.23 bits per heavy atom. The lowest BCUT2D eigenvalue weighted by Gasteiger charge is -2.13. The van der Waals surface area contributed by atoms with E-state index in [0.29, 0.717) is 0 Å². The van der Waals surface area contributed by atoms with Gasteiger partial charge in [0.2, 0.25) is 0 Å². The van der Waals surface area contributed by atoms with Crippen molar-refractivity contribution in [1.82, 2.24) is 4.90 Å². The quantitative estimate of drug-likeness (QED) is 0.487. The van der Waals surface area contributed by atoms with E-state index < -0.39 is 0 Å². The summed E-state index contributed by atoms with van der Waals surface area (Å²) in [5.74, 6) is 0.159. The predicted molar refractivity (Wildman–Crippen MR) is 54.9 cm³/mol. The van der Waals surface area contributed by atoms with Crippen molar-refractivity contribution in [2.24, 2.45) is 5.73 Å². The summed E-state index contributed by atoms with van der Waals surface area (Å²) >= 11 is 0. The van der Waals surface area contributed by atoms with Gasteiger partial charge in [-0.3, -0.25) is 5.41 Å². The van der Waals surface area contributed by atoms with Crippen molar-refractivity contribution in [1.29, 1.82) is 5.41 Å². The summed E-state index contributed by atoms with van der Waals surface area (Å²) in [4.78, 5) is 1.85. The van der Waals surface area contributed by atoms with Gasteiger partial charge in [-0.15, -0.1) is 12.4 Å². The lowest BCUT2D eigenvalue weighted by molar-refractivity contribution is 0.439. The van der Waals surface area contributed by atoms with Crippen LogP contribution < -0.4 is 5.73 Å². The molecule has 0 fully saturated rings. The van der Waals surface area contributed by atoms with Gasteiger partial charge in [-0.2, -0.15) is 0 Å². The van der Waals surface area contributed by atoms with Crippen LogP contribution in [-0.2, 0) is 13.1 Å². The highest BCUT2D eigenvalue weighted by Gasteiger charge is 2.18. The summed E-state index contributed by atoms with van der Waals surface area (Å²) in [6.45, 7) is 1.57. The van der Waals surface area contributed by atoms with Crippen molar-refractivity contribution in [2.45, 2.75) is 13.1 Å². The molecule has 1 aliphatic heterocycles. The van der Waals surface area contributed by atoms with E-state index in [0.717, 1.165) is 13.1 Å². The van der Waals surface area contributed by atoms with E-state index >= 15 is 0 Å². The summed E-state index contributed by atoms with van der Waals surface area (Å²) in [5, 5.41) is 7.27. The maximum absolute atomic E-state index is 7.27. The van der Waals surface area contributed by atoms with Gasteiger partial charge in [-0.1, -0.05) is 24.3 Å². The molecule has 70 valence electrons. The van der Waals surface area contributed by atoms with Gasteiger partial charge < -0.3 is 10.6 Å². The lowest BCUT2D eigenvalue weighted by atomic mass is 10.1. The fraction of sp³-hybridized carbons (Fsp3) is 0.222. The fourth-order valence-corrected chi connectivity index (χ4v) is 1.50. The Kier molecular flexibility index (Phi) is 2.78. The number of hydrogen-bond donors (Lipinski definition) is 2. The Hall–Kier alpha value is -1.22. The SMILES string of the molecule is Cl.N=C(N)N1Cc2ccccc2C1. The molecule has 0 aliphatic carbocycles. The molecule has 1 aliphatic rings. The Labute approximate surface area is 83.5 Å². The first-order chi connectivity index (χ1) is 5.77. The van der Waals surface area contributed by atoms with Crippen LogP contribution in [0.1, 0.15) is 11.1 Å². The summed E-state index contributed by atoms with van der Waals surface area (Å²) in [7, 11) is 0. The molecular weight excluding hydrogens is 186 g/mol. The van der Waals surface area contributed by atoms with E-state index in [1.54, 1.807) is 0 Å². The Morgan fingerprint density at radius 2 is 1.69 bits per heavy atom. The molecule has 3 N–H and O–H groups in total. The second kappa shape index (κ2) is 3.66. The smallest absolute Gasteiger partial charge is 0.188 e. The van der Waals surface area contributed by atoms with Crippen LogP contribution >= 0.6 is 12.4 Å². The molecule has 13 heavy (non-hydrogen) atoms. The summed E-state index contributed by atoms with van der Waals surface area (Å²) in [5.41, 5.74) is 7.96. The van der Waals surface area contributed by atoms with Gasteiger partial charge in [0.1, 0.15) is 0 Å². The molecule has 1 aromatic carbocycles. The van der Waals surface area contributed by atoms with Crippen LogP contribution in [0.5, 0.6) is 0 Å². The van der Waals surface area contributed by atoms with Crippen molar-refractivity contribution in [3.05, 3.63) is 35.4 Å². The first-order valence-corrected chi connectivity index (χ1v) is 3.93. The van der Waals surface area contributed by atoms with Gasteiger partial charge in [0, 0.05) is 13.1 Å². The number of benzene rings is 1. The molecule has 0 saturated heterocycles. The highest BCUT2D eigenvalue weighted by Crippen LogP contribution is 2.20. The zero-order chi connectivity index (χ0) is 8.55. The van der Waals surface area contributed by atoms with Crippen molar-refractivity contribution in [3.8, 4) is 0 Å². The van der Waals surface area contributed by atoms with Crippen LogP contribution in [0.2, 0.25) is 0 Å². The molecule has 0 spiro atoms. The number of guanidine groups is 1. The largest absolute Gasteiger partial charge is 0.370 e. The lowest BCUT2D eigenvalue weighted by Crippen LogP contribution is -2.31. The van der Waals surface area contributed by atoms with Crippen molar-refractivity contribution in [3.63, 3.8) is 0 Å². The number of nitrogens with one attached hydrogen (secondary N) is 1. The van der Waals surface area contributed by atoms with Crippen molar-refractivity contribution >= 4 is 18.4 Å². The molecule has 0 amide bonds. The van der Waals surface area contributed by atoms with Gasteiger partial charge >= 0.3 is 0 Å². The molecule has 0 aromatic heterocycles. The molecular formula is C9H12ClN3. The highest BCUT2D eigenvalue weighted by molar-refractivity contribution is 5.85. The first kappa shape index (κ1) is 9.86. The second-order valence-electron chi connectivity index (χ2n) is 3.01. The maximum Gasteiger partial charge on any atom is 0.188 e. The molecule has 0 atom stereocenters. The number of fused-ring (bicyclic) bond motifs is 1. The van der Waals surface area contributed by atoms with E-state index in [1.807, 2.05) is 17.0 Å². The van der Waals surface area contributed by atoms with Gasteiger partial charge in [-0.05, 0) is 11.1 Å². The molecule has 2 rings (SSSR count). The maximum atomic E-state index is 7.27. The Balaban J connectivity index is 0.000000845. The average Bonchev–Trinajstić information content (AvgIpc) is 2.46. The van der Waals surface area contributed by atoms with E-state index in [9.17, 15) is 0 Å². The van der Waals surface area contributed by atoms with Crippen LogP contribution in [0.3, 0.4) is 0 Å². The highest BCUT2D eigenvalue weighted by atomic mass is 35.5. The van der Waals surface area contributed by atoms with Gasteiger partial charge in [0.25, 0.3) is 0 Å². The second-order valence-corrected chi connectivity index (χ2v) is 3.01. The molecule has 1 heterocycles. The number of nitrogens with two attached hydrogens (primary N) is 1. The van der Waals surface area contributed by atoms with Crippen LogP contribution in [-0.4, -0.2) is 10.9 Å². The fourth-order valence-electron chi connectivity index (χ4n) is 1.50. The molecule has 0 unspecified atom stereocenters. The van der Waals surface area contributed by atoms with Crippen LogP contribution in [0.25, 0.3) is 0 Å². The number of halogens is 1. The minimum Gasteiger partial charge on any atom is -0.370 e. The van der Waals surface area contributed by atoms with Crippen LogP contribution in [0.15, 0.2) is 24.3 Å². The monoisotopic (exact) mass is 197 g/mol.